The Morgan fingerprint density at radius 1 is 1.13 bits per heavy atom. The van der Waals surface area contributed by atoms with Gasteiger partial charge in [-0.05, 0) is 67.8 Å². The van der Waals surface area contributed by atoms with Crippen LogP contribution in [0.4, 0.5) is 5.00 Å². The number of sulfonamides is 1. The number of benzene rings is 2. The van der Waals surface area contributed by atoms with E-state index in [1.54, 1.807) is 34.8 Å². The van der Waals surface area contributed by atoms with Gasteiger partial charge in [-0.25, -0.2) is 13.4 Å². The highest BCUT2D eigenvalue weighted by Crippen LogP contribution is 2.46. The molecule has 204 valence electrons. The summed E-state index contributed by atoms with van der Waals surface area (Å²) in [5.41, 5.74) is 3.17. The molecule has 11 heteroatoms. The Morgan fingerprint density at radius 2 is 1.92 bits per heavy atom. The Hall–Kier alpha value is -2.83. The number of hydrogen-bond donors (Lipinski definition) is 1. The van der Waals surface area contributed by atoms with E-state index in [2.05, 4.69) is 23.2 Å². The van der Waals surface area contributed by atoms with Gasteiger partial charge in [0.05, 0.1) is 22.2 Å². The molecule has 1 atom stereocenters. The number of thiazole rings is 1. The lowest BCUT2D eigenvalue weighted by molar-refractivity contribution is -0.119. The van der Waals surface area contributed by atoms with Crippen LogP contribution in [-0.4, -0.2) is 61.3 Å². The lowest BCUT2D eigenvalue weighted by Crippen LogP contribution is -2.43. The van der Waals surface area contributed by atoms with Crippen LogP contribution in [0.25, 0.3) is 20.8 Å². The molecule has 1 unspecified atom stereocenters. The number of thiophene rings is 1. The van der Waals surface area contributed by atoms with Crippen LogP contribution in [0.2, 0.25) is 0 Å². The third-order valence-corrected chi connectivity index (χ3v) is 11.6. The molecular weight excluding hydrogens is 553 g/mol. The van der Waals surface area contributed by atoms with Crippen LogP contribution in [0, 0.1) is 0 Å². The smallest absolute Gasteiger partial charge is 0.243 e. The third kappa shape index (κ3) is 4.87. The molecule has 0 radical (unpaired) electrons. The Balaban J connectivity index is 1.33. The van der Waals surface area contributed by atoms with E-state index in [4.69, 9.17) is 9.72 Å². The number of para-hydroxylation sites is 1. The first kappa shape index (κ1) is 26.4. The highest BCUT2D eigenvalue weighted by Gasteiger charge is 2.40. The van der Waals surface area contributed by atoms with E-state index < -0.39 is 16.1 Å². The number of methoxy groups -OCH3 is 1. The fourth-order valence-electron chi connectivity index (χ4n) is 5.39. The van der Waals surface area contributed by atoms with Crippen LogP contribution in [-0.2, 0) is 27.8 Å². The summed E-state index contributed by atoms with van der Waals surface area (Å²) in [6, 6.07) is 13.6. The van der Waals surface area contributed by atoms with Crippen molar-refractivity contribution in [1.29, 1.82) is 0 Å². The average Bonchev–Trinajstić information content (AvgIpc) is 3.69. The zero-order valence-corrected chi connectivity index (χ0v) is 24.3. The summed E-state index contributed by atoms with van der Waals surface area (Å²) in [6.07, 6.45) is 2.00. The quantitative estimate of drug-likeness (QED) is 0.322. The molecule has 0 saturated carbocycles. The number of carbonyl (C=O) groups excluding carboxylic acids is 1. The molecule has 0 spiro atoms. The lowest BCUT2D eigenvalue weighted by Gasteiger charge is -2.25. The summed E-state index contributed by atoms with van der Waals surface area (Å²) in [5.74, 6) is 0.285. The van der Waals surface area contributed by atoms with Gasteiger partial charge < -0.3 is 10.1 Å². The van der Waals surface area contributed by atoms with Gasteiger partial charge in [0, 0.05) is 30.1 Å². The van der Waals surface area contributed by atoms with Gasteiger partial charge in [0.25, 0.3) is 0 Å². The number of nitrogens with one attached hydrogen (secondary N) is 1. The van der Waals surface area contributed by atoms with Crippen molar-refractivity contribution in [3.63, 3.8) is 0 Å². The number of nitrogens with zero attached hydrogens (tertiary/aromatic N) is 3. The molecular formula is C28H30N4O4S3. The third-order valence-electron chi connectivity index (χ3n) is 7.50. The van der Waals surface area contributed by atoms with Crippen molar-refractivity contribution in [2.24, 2.45) is 0 Å². The first-order valence-corrected chi connectivity index (χ1v) is 16.2. The van der Waals surface area contributed by atoms with Crippen LogP contribution < -0.4 is 10.1 Å². The first-order valence-electron chi connectivity index (χ1n) is 13.1. The maximum atomic E-state index is 13.7. The van der Waals surface area contributed by atoms with E-state index in [1.807, 2.05) is 18.2 Å². The van der Waals surface area contributed by atoms with Gasteiger partial charge in [-0.2, -0.15) is 4.31 Å². The zero-order valence-electron chi connectivity index (χ0n) is 21.8. The summed E-state index contributed by atoms with van der Waals surface area (Å²) >= 11 is 3.22. The molecule has 2 aliphatic rings. The second-order valence-corrected chi connectivity index (χ2v) is 13.8. The Labute approximate surface area is 236 Å². The van der Waals surface area contributed by atoms with E-state index in [1.165, 1.54) is 34.0 Å². The maximum absolute atomic E-state index is 13.7. The van der Waals surface area contributed by atoms with Gasteiger partial charge in [0.15, 0.2) is 0 Å². The first-order chi connectivity index (χ1) is 18.9. The molecule has 1 amide bonds. The number of rotatable bonds is 7. The number of fused-ring (bicyclic) bond motifs is 2. The van der Waals surface area contributed by atoms with Crippen molar-refractivity contribution in [3.8, 4) is 16.3 Å². The predicted molar refractivity (Wildman–Crippen MR) is 156 cm³/mol. The van der Waals surface area contributed by atoms with Crippen LogP contribution in [0.3, 0.4) is 0 Å². The summed E-state index contributed by atoms with van der Waals surface area (Å²) in [4.78, 5) is 22.4. The summed E-state index contributed by atoms with van der Waals surface area (Å²) in [5, 5.41) is 4.81. The van der Waals surface area contributed by atoms with E-state index >= 15 is 0 Å². The van der Waals surface area contributed by atoms with Crippen molar-refractivity contribution in [1.82, 2.24) is 14.2 Å². The highest BCUT2D eigenvalue weighted by atomic mass is 32.2. The molecule has 4 heterocycles. The molecule has 39 heavy (non-hydrogen) atoms. The van der Waals surface area contributed by atoms with Gasteiger partial charge in [0.1, 0.15) is 21.8 Å². The van der Waals surface area contributed by atoms with E-state index in [9.17, 15) is 13.2 Å². The molecule has 1 fully saturated rings. The molecule has 0 aliphatic carbocycles. The summed E-state index contributed by atoms with van der Waals surface area (Å²) < 4.78 is 34.6. The normalized spacial score (nSPS) is 18.4. The number of amides is 1. The van der Waals surface area contributed by atoms with E-state index in [0.717, 1.165) is 51.8 Å². The minimum absolute atomic E-state index is 0.157. The minimum atomic E-state index is -3.84. The van der Waals surface area contributed by atoms with Crippen molar-refractivity contribution >= 4 is 53.8 Å². The minimum Gasteiger partial charge on any atom is -0.497 e. The highest BCUT2D eigenvalue weighted by molar-refractivity contribution is 7.89. The van der Waals surface area contributed by atoms with Crippen molar-refractivity contribution in [2.45, 2.75) is 43.7 Å². The number of likely N-dealkylation sites (N-methyl/N-ethyl adjacent to an activating group) is 1. The molecule has 2 aliphatic heterocycles. The van der Waals surface area contributed by atoms with E-state index in [-0.39, 0.29) is 10.8 Å². The second-order valence-electron chi connectivity index (χ2n) is 9.75. The van der Waals surface area contributed by atoms with Crippen LogP contribution >= 0.6 is 22.7 Å². The zero-order chi connectivity index (χ0) is 27.1. The molecule has 6 rings (SSSR count). The molecule has 1 N–H and O–H groups in total. The van der Waals surface area contributed by atoms with Crippen LogP contribution in [0.1, 0.15) is 30.2 Å². The van der Waals surface area contributed by atoms with Gasteiger partial charge >= 0.3 is 0 Å². The molecule has 2 aromatic carbocycles. The number of anilines is 1. The topological polar surface area (TPSA) is 91.8 Å². The largest absolute Gasteiger partial charge is 0.497 e. The van der Waals surface area contributed by atoms with Crippen molar-refractivity contribution < 1.29 is 17.9 Å². The fourth-order valence-corrected chi connectivity index (χ4v) is 9.45. The molecule has 2 aromatic heterocycles. The fraction of sp³-hybridized carbons (Fsp3) is 0.357. The summed E-state index contributed by atoms with van der Waals surface area (Å²) in [7, 11) is -2.30. The lowest BCUT2D eigenvalue weighted by atomic mass is 10.0. The van der Waals surface area contributed by atoms with Crippen LogP contribution in [0.5, 0.6) is 5.75 Å². The Morgan fingerprint density at radius 3 is 2.67 bits per heavy atom. The number of ether oxygens (including phenoxy) is 1. The predicted octanol–water partition coefficient (Wildman–Crippen LogP) is 5.20. The van der Waals surface area contributed by atoms with Gasteiger partial charge in [-0.3, -0.25) is 9.69 Å². The number of aromatic nitrogens is 1. The molecule has 0 bridgehead atoms. The Bertz CT molecular complexity index is 1600. The molecule has 1 saturated heterocycles. The second kappa shape index (κ2) is 10.6. The monoisotopic (exact) mass is 582 g/mol. The average molecular weight is 583 g/mol. The van der Waals surface area contributed by atoms with Crippen LogP contribution in [0.15, 0.2) is 53.4 Å². The van der Waals surface area contributed by atoms with Gasteiger partial charge in [-0.15, -0.1) is 22.7 Å². The van der Waals surface area contributed by atoms with Crippen molar-refractivity contribution in [2.75, 3.05) is 32.1 Å². The molecule has 8 nitrogen and oxygen atoms in total. The van der Waals surface area contributed by atoms with Gasteiger partial charge in [0.2, 0.25) is 15.9 Å². The standard InChI is InChI=1S/C28H30N4O4S3/c1-3-31-16-14-20-24(17-31)38-28(25(20)27-29-21-7-4-5-9-23(21)37-27)30-26(33)22-8-6-15-32(22)39(34,35)19-12-10-18(36-2)11-13-19/h4-5,7,9-13,22H,3,6,8,14-17H2,1-2H3,(H,30,33). The van der Waals surface area contributed by atoms with E-state index in [0.29, 0.717) is 25.1 Å². The maximum Gasteiger partial charge on any atom is 0.243 e. The SMILES string of the molecule is CCN1CCc2c(sc(NC(=O)C3CCCN3S(=O)(=O)c3ccc(OC)cc3)c2-c2nc3ccccc3s2)C1. The summed E-state index contributed by atoms with van der Waals surface area (Å²) in [6.45, 7) is 5.24. The Kier molecular flexibility index (Phi) is 7.19. The molecule has 4 aromatic rings. The van der Waals surface area contributed by atoms with Crippen molar-refractivity contribution in [3.05, 3.63) is 59.0 Å². The number of hydrogen-bond acceptors (Lipinski definition) is 8. The number of carbonyl (C=O) groups is 1. The van der Waals surface area contributed by atoms with Gasteiger partial charge in [-0.1, -0.05) is 19.1 Å².